The summed E-state index contributed by atoms with van der Waals surface area (Å²) in [5, 5.41) is 12.9. The van der Waals surface area contributed by atoms with Crippen LogP contribution in [0.3, 0.4) is 0 Å². The second kappa shape index (κ2) is 5.66. The molecular formula is C11H21N3O3. The van der Waals surface area contributed by atoms with Gasteiger partial charge in [0.05, 0.1) is 13.2 Å². The number of carbonyl (C=O) groups is 1. The van der Waals surface area contributed by atoms with Crippen LogP contribution in [0.1, 0.15) is 6.42 Å². The molecule has 0 bridgehead atoms. The summed E-state index contributed by atoms with van der Waals surface area (Å²) in [4.78, 5) is 15.4. The van der Waals surface area contributed by atoms with Crippen LogP contribution in [0.25, 0.3) is 0 Å². The van der Waals surface area contributed by atoms with E-state index in [1.54, 1.807) is 4.90 Å². The van der Waals surface area contributed by atoms with Gasteiger partial charge >= 0.3 is 6.09 Å². The smallest absolute Gasteiger partial charge is 0.409 e. The number of aliphatic hydroxyl groups excluding tert-OH is 1. The minimum atomic E-state index is -0.252. The first-order valence-electron chi connectivity index (χ1n) is 6.15. The molecule has 2 N–H and O–H groups in total. The normalized spacial score (nSPS) is 30.6. The Hall–Kier alpha value is -0.850. The first-order valence-corrected chi connectivity index (χ1v) is 6.15. The van der Waals surface area contributed by atoms with Gasteiger partial charge in [-0.25, -0.2) is 4.79 Å². The Morgan fingerprint density at radius 2 is 2.29 bits per heavy atom. The molecule has 2 fully saturated rings. The number of rotatable bonds is 2. The van der Waals surface area contributed by atoms with Gasteiger partial charge in [0.15, 0.2) is 0 Å². The molecule has 2 aliphatic rings. The summed E-state index contributed by atoms with van der Waals surface area (Å²) in [6.45, 7) is 4.75. The Morgan fingerprint density at radius 1 is 1.47 bits per heavy atom. The van der Waals surface area contributed by atoms with Gasteiger partial charge in [0.2, 0.25) is 0 Å². The number of nitrogens with zero attached hydrogens (tertiary/aromatic N) is 2. The molecule has 2 heterocycles. The SMILES string of the molecule is COC(=O)N1CCN[C@H](CN2CC[C@H](O)C2)C1. The molecule has 17 heavy (non-hydrogen) atoms. The van der Waals surface area contributed by atoms with E-state index < -0.39 is 0 Å². The maximum absolute atomic E-state index is 11.4. The van der Waals surface area contributed by atoms with Crippen molar-refractivity contribution >= 4 is 6.09 Å². The minimum Gasteiger partial charge on any atom is -0.453 e. The van der Waals surface area contributed by atoms with Crippen molar-refractivity contribution in [2.75, 3.05) is 46.4 Å². The fraction of sp³-hybridized carbons (Fsp3) is 0.909. The summed E-state index contributed by atoms with van der Waals surface area (Å²) < 4.78 is 4.73. The lowest BCUT2D eigenvalue weighted by atomic mass is 10.2. The first-order chi connectivity index (χ1) is 8.19. The number of hydrogen-bond donors (Lipinski definition) is 2. The number of likely N-dealkylation sites (tertiary alicyclic amines) is 1. The lowest BCUT2D eigenvalue weighted by Gasteiger charge is -2.34. The Morgan fingerprint density at radius 3 is 2.94 bits per heavy atom. The van der Waals surface area contributed by atoms with Crippen LogP contribution >= 0.6 is 0 Å². The number of hydrogen-bond acceptors (Lipinski definition) is 5. The van der Waals surface area contributed by atoms with Crippen molar-refractivity contribution in [1.82, 2.24) is 15.1 Å². The molecule has 2 atom stereocenters. The van der Waals surface area contributed by atoms with Crippen molar-refractivity contribution in [2.45, 2.75) is 18.6 Å². The fourth-order valence-corrected chi connectivity index (χ4v) is 2.53. The highest BCUT2D eigenvalue weighted by atomic mass is 16.5. The summed E-state index contributed by atoms with van der Waals surface area (Å²) in [5.74, 6) is 0. The number of ether oxygens (including phenoxy) is 1. The predicted octanol–water partition coefficient (Wildman–Crippen LogP) is -0.907. The molecule has 0 aromatic heterocycles. The lowest BCUT2D eigenvalue weighted by Crippen LogP contribution is -2.56. The van der Waals surface area contributed by atoms with Gasteiger partial charge in [-0.3, -0.25) is 4.90 Å². The quantitative estimate of drug-likeness (QED) is 0.657. The van der Waals surface area contributed by atoms with E-state index >= 15 is 0 Å². The van der Waals surface area contributed by atoms with Crippen LogP contribution in [-0.2, 0) is 4.74 Å². The maximum atomic E-state index is 11.4. The van der Waals surface area contributed by atoms with E-state index in [0.717, 1.165) is 32.6 Å². The molecule has 0 aromatic rings. The number of amides is 1. The van der Waals surface area contributed by atoms with E-state index in [0.29, 0.717) is 13.1 Å². The number of methoxy groups -OCH3 is 1. The summed E-state index contributed by atoms with van der Waals surface area (Å²) in [5.41, 5.74) is 0. The first kappa shape index (κ1) is 12.6. The molecular weight excluding hydrogens is 222 g/mol. The van der Waals surface area contributed by atoms with Crippen molar-refractivity contribution in [3.8, 4) is 0 Å². The summed E-state index contributed by atoms with van der Waals surface area (Å²) >= 11 is 0. The van der Waals surface area contributed by atoms with E-state index in [1.165, 1.54) is 7.11 Å². The molecule has 0 spiro atoms. The molecule has 0 saturated carbocycles. The van der Waals surface area contributed by atoms with Crippen molar-refractivity contribution in [1.29, 1.82) is 0 Å². The van der Waals surface area contributed by atoms with Gasteiger partial charge in [0, 0.05) is 45.3 Å². The monoisotopic (exact) mass is 243 g/mol. The van der Waals surface area contributed by atoms with Crippen molar-refractivity contribution in [3.05, 3.63) is 0 Å². The average molecular weight is 243 g/mol. The Labute approximate surface area is 102 Å². The molecule has 0 radical (unpaired) electrons. The van der Waals surface area contributed by atoms with Crippen molar-refractivity contribution in [2.24, 2.45) is 0 Å². The molecule has 1 amide bonds. The van der Waals surface area contributed by atoms with Gasteiger partial charge in [0.25, 0.3) is 0 Å². The number of carbonyl (C=O) groups excluding carboxylic acids is 1. The molecule has 6 nitrogen and oxygen atoms in total. The van der Waals surface area contributed by atoms with Gasteiger partial charge in [-0.15, -0.1) is 0 Å². The molecule has 0 aromatic carbocycles. The molecule has 98 valence electrons. The van der Waals surface area contributed by atoms with E-state index in [1.807, 2.05) is 0 Å². The predicted molar refractivity (Wildman–Crippen MR) is 62.8 cm³/mol. The minimum absolute atomic E-state index is 0.185. The Balaban J connectivity index is 1.79. The zero-order valence-electron chi connectivity index (χ0n) is 10.3. The van der Waals surface area contributed by atoms with Gasteiger partial charge in [0.1, 0.15) is 0 Å². The van der Waals surface area contributed by atoms with Crippen LogP contribution in [0.15, 0.2) is 0 Å². The molecule has 2 rings (SSSR count). The van der Waals surface area contributed by atoms with E-state index in [9.17, 15) is 9.90 Å². The van der Waals surface area contributed by atoms with E-state index in [4.69, 9.17) is 4.74 Å². The van der Waals surface area contributed by atoms with Crippen LogP contribution in [0.4, 0.5) is 4.79 Å². The van der Waals surface area contributed by atoms with Crippen molar-refractivity contribution in [3.63, 3.8) is 0 Å². The number of β-amino-alcohol motifs (C(OH)–C–C–N with tert-alkyl or cyclic N) is 1. The standard InChI is InChI=1S/C11H21N3O3/c1-17-11(16)14-5-3-12-9(7-14)6-13-4-2-10(15)8-13/h9-10,12,15H,2-8H2,1H3/t9-,10+/m1/s1. The highest BCUT2D eigenvalue weighted by Gasteiger charge is 2.27. The third-order valence-corrected chi connectivity index (χ3v) is 3.41. The van der Waals surface area contributed by atoms with Crippen LogP contribution in [0.2, 0.25) is 0 Å². The number of nitrogens with one attached hydrogen (secondary N) is 1. The highest BCUT2D eigenvalue weighted by Crippen LogP contribution is 2.10. The molecule has 2 saturated heterocycles. The molecule has 0 unspecified atom stereocenters. The van der Waals surface area contributed by atoms with Crippen LogP contribution in [-0.4, -0.2) is 79.5 Å². The van der Waals surface area contributed by atoms with Crippen LogP contribution < -0.4 is 5.32 Å². The van der Waals surface area contributed by atoms with Crippen LogP contribution in [0.5, 0.6) is 0 Å². The second-order valence-corrected chi connectivity index (χ2v) is 4.77. The van der Waals surface area contributed by atoms with Crippen LogP contribution in [0, 0.1) is 0 Å². The maximum Gasteiger partial charge on any atom is 0.409 e. The molecule has 0 aliphatic carbocycles. The van der Waals surface area contributed by atoms with E-state index in [2.05, 4.69) is 10.2 Å². The molecule has 6 heteroatoms. The highest BCUT2D eigenvalue weighted by molar-refractivity contribution is 5.67. The topological polar surface area (TPSA) is 65.0 Å². The Bertz CT molecular complexity index is 275. The fourth-order valence-electron chi connectivity index (χ4n) is 2.53. The van der Waals surface area contributed by atoms with Gasteiger partial charge in [-0.05, 0) is 6.42 Å². The lowest BCUT2D eigenvalue weighted by molar-refractivity contribution is 0.102. The largest absolute Gasteiger partial charge is 0.453 e. The summed E-state index contributed by atoms with van der Waals surface area (Å²) in [7, 11) is 1.41. The van der Waals surface area contributed by atoms with Gasteiger partial charge in [-0.2, -0.15) is 0 Å². The zero-order chi connectivity index (χ0) is 12.3. The third-order valence-electron chi connectivity index (χ3n) is 3.41. The third kappa shape index (κ3) is 3.31. The summed E-state index contributed by atoms with van der Waals surface area (Å²) in [6, 6.07) is 0.271. The van der Waals surface area contributed by atoms with Crippen molar-refractivity contribution < 1.29 is 14.6 Å². The van der Waals surface area contributed by atoms with Gasteiger partial charge in [-0.1, -0.05) is 0 Å². The number of aliphatic hydroxyl groups is 1. The average Bonchev–Trinajstić information content (AvgIpc) is 2.74. The number of piperazine rings is 1. The zero-order valence-corrected chi connectivity index (χ0v) is 10.3. The summed E-state index contributed by atoms with van der Waals surface area (Å²) in [6.07, 6.45) is 0.418. The Kier molecular flexibility index (Phi) is 4.20. The van der Waals surface area contributed by atoms with Gasteiger partial charge < -0.3 is 20.1 Å². The molecule has 2 aliphatic heterocycles. The second-order valence-electron chi connectivity index (χ2n) is 4.77. The van der Waals surface area contributed by atoms with E-state index in [-0.39, 0.29) is 18.2 Å².